The van der Waals surface area contributed by atoms with Crippen LogP contribution in [0.4, 0.5) is 4.79 Å². The van der Waals surface area contributed by atoms with E-state index in [0.29, 0.717) is 12.0 Å². The summed E-state index contributed by atoms with van der Waals surface area (Å²) in [5.74, 6) is -1.25. The normalized spacial score (nSPS) is 26.7. The third-order valence-corrected chi connectivity index (χ3v) is 7.90. The third kappa shape index (κ3) is 4.25. The number of carbonyl (C=O) groups excluding carboxylic acids is 3. The van der Waals surface area contributed by atoms with Gasteiger partial charge in [0, 0.05) is 6.42 Å². The lowest BCUT2D eigenvalue weighted by Gasteiger charge is -2.28. The van der Waals surface area contributed by atoms with Crippen LogP contribution in [0.25, 0.3) is 0 Å². The molecule has 4 amide bonds. The van der Waals surface area contributed by atoms with Gasteiger partial charge in [0.15, 0.2) is 15.4 Å². The highest BCUT2D eigenvalue weighted by Crippen LogP contribution is 2.33. The van der Waals surface area contributed by atoms with Crippen molar-refractivity contribution < 1.29 is 22.8 Å². The van der Waals surface area contributed by atoms with E-state index in [4.69, 9.17) is 0 Å². The Morgan fingerprint density at radius 2 is 1.69 bits per heavy atom. The number of carbonyl (C=O) groups is 3. The fourth-order valence-electron chi connectivity index (χ4n) is 4.44. The molecule has 2 N–H and O–H groups in total. The molecule has 9 heteroatoms. The number of sulfone groups is 1. The van der Waals surface area contributed by atoms with E-state index < -0.39 is 45.3 Å². The number of hydrogen-bond donors (Lipinski definition) is 2. The Hall–Kier alpha value is -3.20. The van der Waals surface area contributed by atoms with Crippen molar-refractivity contribution in [1.29, 1.82) is 0 Å². The van der Waals surface area contributed by atoms with Crippen LogP contribution >= 0.6 is 0 Å². The Morgan fingerprint density at radius 3 is 2.28 bits per heavy atom. The predicted molar refractivity (Wildman–Crippen MR) is 118 cm³/mol. The Labute approximate surface area is 186 Å². The van der Waals surface area contributed by atoms with Gasteiger partial charge in [-0.15, -0.1) is 0 Å². The van der Waals surface area contributed by atoms with Crippen molar-refractivity contribution in [2.45, 2.75) is 30.8 Å². The molecule has 0 bridgehead atoms. The van der Waals surface area contributed by atoms with E-state index in [1.54, 1.807) is 31.2 Å². The van der Waals surface area contributed by atoms with Crippen LogP contribution in [0.2, 0.25) is 0 Å². The summed E-state index contributed by atoms with van der Waals surface area (Å²) in [5, 5.41) is 5.52. The van der Waals surface area contributed by atoms with Crippen molar-refractivity contribution in [2.24, 2.45) is 0 Å². The molecule has 2 heterocycles. The van der Waals surface area contributed by atoms with Crippen LogP contribution in [-0.4, -0.2) is 54.8 Å². The molecule has 2 aliphatic rings. The van der Waals surface area contributed by atoms with Gasteiger partial charge in [0.05, 0.1) is 17.0 Å². The average molecular weight is 456 g/mol. The molecule has 0 aliphatic carbocycles. The maximum absolute atomic E-state index is 13.6. The van der Waals surface area contributed by atoms with Crippen molar-refractivity contribution >= 4 is 27.7 Å². The van der Waals surface area contributed by atoms with Crippen LogP contribution in [0.15, 0.2) is 60.7 Å². The van der Waals surface area contributed by atoms with Gasteiger partial charge in [-0.05, 0) is 24.5 Å². The minimum Gasteiger partial charge on any atom is -0.348 e. The van der Waals surface area contributed by atoms with Gasteiger partial charge < -0.3 is 10.6 Å². The summed E-state index contributed by atoms with van der Waals surface area (Å²) in [5.41, 5.74) is -0.755. The molecule has 2 fully saturated rings. The fourth-order valence-corrected chi connectivity index (χ4v) is 6.53. The number of nitrogens with zero attached hydrogens (tertiary/aromatic N) is 1. The molecule has 168 valence electrons. The summed E-state index contributed by atoms with van der Waals surface area (Å²) in [6.45, 7) is 1.18. The van der Waals surface area contributed by atoms with Gasteiger partial charge in [0.25, 0.3) is 5.91 Å². The number of hydrogen-bond acceptors (Lipinski definition) is 5. The van der Waals surface area contributed by atoms with Gasteiger partial charge in [-0.2, -0.15) is 0 Å². The smallest absolute Gasteiger partial charge is 0.325 e. The average Bonchev–Trinajstić information content (AvgIpc) is 3.16. The van der Waals surface area contributed by atoms with E-state index >= 15 is 0 Å². The highest BCUT2D eigenvalue weighted by atomic mass is 32.2. The van der Waals surface area contributed by atoms with Gasteiger partial charge in [0.1, 0.15) is 6.54 Å². The second-order valence-corrected chi connectivity index (χ2v) is 10.9. The molecular formula is C23H25N3O5S. The molecule has 0 spiro atoms. The molecular weight excluding hydrogens is 430 g/mol. The SMILES string of the molecule is C[C@]1(NC(=O)CN2C(=O)N[C@](Cc3ccccc3)(c3ccccc3)C2=O)CCS(=O)(=O)C1. The molecule has 2 saturated heterocycles. The zero-order chi connectivity index (χ0) is 23.0. The molecule has 32 heavy (non-hydrogen) atoms. The Kier molecular flexibility index (Phi) is 5.54. The quantitative estimate of drug-likeness (QED) is 0.639. The molecule has 0 unspecified atom stereocenters. The lowest BCUT2D eigenvalue weighted by molar-refractivity contribution is -0.135. The van der Waals surface area contributed by atoms with E-state index in [0.717, 1.165) is 10.5 Å². The summed E-state index contributed by atoms with van der Waals surface area (Å²) in [6.07, 6.45) is 0.527. The van der Waals surface area contributed by atoms with Crippen molar-refractivity contribution in [2.75, 3.05) is 18.1 Å². The van der Waals surface area contributed by atoms with E-state index in [1.807, 2.05) is 36.4 Å². The maximum atomic E-state index is 13.6. The predicted octanol–water partition coefficient (Wildman–Crippen LogP) is 1.37. The molecule has 2 aromatic rings. The van der Waals surface area contributed by atoms with E-state index in [-0.39, 0.29) is 17.9 Å². The number of urea groups is 1. The number of amides is 4. The molecule has 0 saturated carbocycles. The third-order valence-electron chi connectivity index (χ3n) is 6.00. The molecule has 8 nitrogen and oxygen atoms in total. The van der Waals surface area contributed by atoms with E-state index in [2.05, 4.69) is 10.6 Å². The minimum atomic E-state index is -3.21. The first-order valence-corrected chi connectivity index (χ1v) is 12.2. The first-order chi connectivity index (χ1) is 15.1. The highest BCUT2D eigenvalue weighted by Gasteiger charge is 2.53. The standard InChI is InChI=1S/C23H25N3O5S/c1-22(12-13-32(30,31)16-22)24-19(27)15-26-20(28)23(25-21(26)29,18-10-6-3-7-11-18)14-17-8-4-2-5-9-17/h2-11H,12-16H2,1H3,(H,24,27)(H,25,29)/t22-,23+/m0/s1. The minimum absolute atomic E-state index is 0.00110. The van der Waals surface area contributed by atoms with Gasteiger partial charge in [-0.1, -0.05) is 60.7 Å². The van der Waals surface area contributed by atoms with Crippen LogP contribution in [0.3, 0.4) is 0 Å². The van der Waals surface area contributed by atoms with Crippen LogP contribution in [0.5, 0.6) is 0 Å². The van der Waals surface area contributed by atoms with Crippen LogP contribution in [-0.2, 0) is 31.4 Å². The summed E-state index contributed by atoms with van der Waals surface area (Å²) >= 11 is 0. The number of imide groups is 1. The summed E-state index contributed by atoms with van der Waals surface area (Å²) in [4.78, 5) is 40.0. The lowest BCUT2D eigenvalue weighted by atomic mass is 9.83. The molecule has 2 aromatic carbocycles. The number of nitrogens with one attached hydrogen (secondary N) is 2. The first kappa shape index (κ1) is 22.0. The van der Waals surface area contributed by atoms with E-state index in [9.17, 15) is 22.8 Å². The summed E-state index contributed by atoms with van der Waals surface area (Å²) in [7, 11) is -3.21. The molecule has 4 rings (SSSR count). The second kappa shape index (κ2) is 8.05. The van der Waals surface area contributed by atoms with Crippen molar-refractivity contribution in [3.05, 3.63) is 71.8 Å². The molecule has 0 radical (unpaired) electrons. The van der Waals surface area contributed by atoms with Crippen LogP contribution < -0.4 is 10.6 Å². The van der Waals surface area contributed by atoms with Gasteiger partial charge in [-0.25, -0.2) is 13.2 Å². The lowest BCUT2D eigenvalue weighted by Crippen LogP contribution is -2.51. The monoisotopic (exact) mass is 455 g/mol. The van der Waals surface area contributed by atoms with Crippen LogP contribution in [0, 0.1) is 0 Å². The van der Waals surface area contributed by atoms with Crippen molar-refractivity contribution in [3.8, 4) is 0 Å². The molecule has 0 aromatic heterocycles. The van der Waals surface area contributed by atoms with Crippen molar-refractivity contribution in [1.82, 2.24) is 15.5 Å². The number of rotatable bonds is 6. The van der Waals surface area contributed by atoms with Crippen LogP contribution in [0.1, 0.15) is 24.5 Å². The Bertz CT molecular complexity index is 1150. The Morgan fingerprint density at radius 1 is 1.06 bits per heavy atom. The fraction of sp³-hybridized carbons (Fsp3) is 0.348. The first-order valence-electron chi connectivity index (χ1n) is 10.4. The van der Waals surface area contributed by atoms with E-state index in [1.165, 1.54) is 0 Å². The topological polar surface area (TPSA) is 113 Å². The zero-order valence-corrected chi connectivity index (χ0v) is 18.5. The summed E-state index contributed by atoms with van der Waals surface area (Å²) < 4.78 is 23.6. The highest BCUT2D eigenvalue weighted by molar-refractivity contribution is 7.91. The molecule has 2 aliphatic heterocycles. The Balaban J connectivity index is 1.58. The second-order valence-electron chi connectivity index (χ2n) is 8.71. The number of benzene rings is 2. The zero-order valence-electron chi connectivity index (χ0n) is 17.7. The summed E-state index contributed by atoms with van der Waals surface area (Å²) in [6, 6.07) is 17.6. The van der Waals surface area contributed by atoms with Gasteiger partial charge >= 0.3 is 6.03 Å². The maximum Gasteiger partial charge on any atom is 0.325 e. The van der Waals surface area contributed by atoms with Gasteiger partial charge in [0.2, 0.25) is 5.91 Å². The largest absolute Gasteiger partial charge is 0.348 e. The van der Waals surface area contributed by atoms with Gasteiger partial charge in [-0.3, -0.25) is 14.5 Å². The molecule has 2 atom stereocenters. The van der Waals surface area contributed by atoms with Crippen molar-refractivity contribution in [3.63, 3.8) is 0 Å².